The van der Waals surface area contributed by atoms with E-state index < -0.39 is 6.10 Å². The minimum atomic E-state index is -0.505. The summed E-state index contributed by atoms with van der Waals surface area (Å²) in [5.41, 5.74) is 0.619. The Morgan fingerprint density at radius 2 is 2.29 bits per heavy atom. The molecular weight excluding hydrogens is 226 g/mol. The molecule has 0 unspecified atom stereocenters. The molecule has 0 amide bonds. The van der Waals surface area contributed by atoms with Crippen LogP contribution in [0, 0.1) is 0 Å². The average molecular weight is 239 g/mol. The van der Waals surface area contributed by atoms with Crippen molar-refractivity contribution < 1.29 is 24.9 Å². The summed E-state index contributed by atoms with van der Waals surface area (Å²) in [5, 5.41) is 30.7. The second-order valence-electron chi connectivity index (χ2n) is 3.71. The Labute approximate surface area is 97.7 Å². The summed E-state index contributed by atoms with van der Waals surface area (Å²) in [6.45, 7) is 1.58. The van der Waals surface area contributed by atoms with Crippen molar-refractivity contribution in [1.29, 1.82) is 0 Å². The van der Waals surface area contributed by atoms with E-state index in [2.05, 4.69) is 5.16 Å². The molecule has 6 heteroatoms. The van der Waals surface area contributed by atoms with E-state index in [1.54, 1.807) is 19.1 Å². The third-order valence-electron chi connectivity index (χ3n) is 2.55. The molecule has 0 fully saturated rings. The van der Waals surface area contributed by atoms with Crippen molar-refractivity contribution in [3.8, 4) is 17.2 Å². The van der Waals surface area contributed by atoms with Crippen molar-refractivity contribution in [2.75, 3.05) is 13.2 Å². The normalized spacial score (nSPS) is 19.2. The monoisotopic (exact) mass is 239 g/mol. The molecule has 17 heavy (non-hydrogen) atoms. The van der Waals surface area contributed by atoms with Crippen LogP contribution in [0.4, 0.5) is 0 Å². The van der Waals surface area contributed by atoms with Crippen LogP contribution >= 0.6 is 0 Å². The van der Waals surface area contributed by atoms with Gasteiger partial charge in [0.25, 0.3) is 0 Å². The first kappa shape index (κ1) is 11.5. The van der Waals surface area contributed by atoms with Crippen LogP contribution in [-0.2, 0) is 0 Å². The van der Waals surface area contributed by atoms with Crippen molar-refractivity contribution in [3.05, 3.63) is 17.7 Å². The van der Waals surface area contributed by atoms with Gasteiger partial charge in [0, 0.05) is 5.56 Å². The predicted molar refractivity (Wildman–Crippen MR) is 59.1 cm³/mol. The van der Waals surface area contributed by atoms with Gasteiger partial charge in [0.15, 0.2) is 17.6 Å². The van der Waals surface area contributed by atoms with Crippen molar-refractivity contribution in [2.24, 2.45) is 5.16 Å². The molecule has 92 valence electrons. The fourth-order valence-corrected chi connectivity index (χ4v) is 1.60. The van der Waals surface area contributed by atoms with Crippen LogP contribution in [0.25, 0.3) is 0 Å². The van der Waals surface area contributed by atoms with Gasteiger partial charge in [-0.15, -0.1) is 0 Å². The molecule has 6 nitrogen and oxygen atoms in total. The SMILES string of the molecule is CC(=NO)c1ccc2c(c1O)O[C@@H](CO)CO2. The Hall–Kier alpha value is -1.95. The molecule has 1 aliphatic rings. The number of aliphatic hydroxyl groups excluding tert-OH is 1. The van der Waals surface area contributed by atoms with E-state index in [1.807, 2.05) is 0 Å². The smallest absolute Gasteiger partial charge is 0.204 e. The highest BCUT2D eigenvalue weighted by Crippen LogP contribution is 2.42. The highest BCUT2D eigenvalue weighted by molar-refractivity contribution is 6.01. The predicted octanol–water partition coefficient (Wildman–Crippen LogP) is 0.722. The lowest BCUT2D eigenvalue weighted by Crippen LogP contribution is -2.32. The molecule has 0 saturated carbocycles. The van der Waals surface area contributed by atoms with Gasteiger partial charge in [0.05, 0.1) is 12.3 Å². The number of aliphatic hydroxyl groups is 1. The largest absolute Gasteiger partial charge is 0.504 e. The summed E-state index contributed by atoms with van der Waals surface area (Å²) in [5.74, 6) is 0.411. The van der Waals surface area contributed by atoms with Gasteiger partial charge in [-0.25, -0.2) is 0 Å². The van der Waals surface area contributed by atoms with Crippen molar-refractivity contribution in [2.45, 2.75) is 13.0 Å². The number of ether oxygens (including phenoxy) is 2. The van der Waals surface area contributed by atoms with E-state index >= 15 is 0 Å². The van der Waals surface area contributed by atoms with Gasteiger partial charge >= 0.3 is 0 Å². The molecular formula is C11H13NO5. The first-order valence-corrected chi connectivity index (χ1v) is 5.12. The number of hydrogen-bond donors (Lipinski definition) is 3. The zero-order chi connectivity index (χ0) is 12.4. The van der Waals surface area contributed by atoms with Crippen LogP contribution in [0.15, 0.2) is 17.3 Å². The minimum Gasteiger partial charge on any atom is -0.504 e. The Morgan fingerprint density at radius 1 is 1.53 bits per heavy atom. The van der Waals surface area contributed by atoms with Crippen molar-refractivity contribution >= 4 is 5.71 Å². The molecule has 0 spiro atoms. The maximum absolute atomic E-state index is 9.97. The van der Waals surface area contributed by atoms with E-state index in [4.69, 9.17) is 19.8 Å². The maximum Gasteiger partial charge on any atom is 0.204 e. The van der Waals surface area contributed by atoms with E-state index in [0.717, 1.165) is 0 Å². The van der Waals surface area contributed by atoms with Crippen LogP contribution in [0.5, 0.6) is 17.2 Å². The fraction of sp³-hybridized carbons (Fsp3) is 0.364. The number of rotatable bonds is 2. The van der Waals surface area contributed by atoms with Gasteiger partial charge in [-0.3, -0.25) is 0 Å². The van der Waals surface area contributed by atoms with Crippen LogP contribution in [0.2, 0.25) is 0 Å². The van der Waals surface area contributed by atoms with Gasteiger partial charge in [0.2, 0.25) is 5.75 Å². The van der Waals surface area contributed by atoms with E-state index in [1.165, 1.54) is 0 Å². The summed E-state index contributed by atoms with van der Waals surface area (Å²) < 4.78 is 10.7. The highest BCUT2D eigenvalue weighted by atomic mass is 16.6. The Morgan fingerprint density at radius 3 is 2.94 bits per heavy atom. The fourth-order valence-electron chi connectivity index (χ4n) is 1.60. The lowest BCUT2D eigenvalue weighted by Gasteiger charge is -2.26. The molecule has 0 aromatic heterocycles. The molecule has 2 rings (SSSR count). The topological polar surface area (TPSA) is 91.5 Å². The zero-order valence-corrected chi connectivity index (χ0v) is 9.25. The van der Waals surface area contributed by atoms with Crippen LogP contribution in [-0.4, -0.2) is 40.4 Å². The standard InChI is InChI=1S/C11H13NO5/c1-6(12-15)8-2-3-9-11(10(8)14)17-7(4-13)5-16-9/h2-3,7,13-15H,4-5H2,1H3/t7-/m0/s1. The third-order valence-corrected chi connectivity index (χ3v) is 2.55. The van der Waals surface area contributed by atoms with Crippen LogP contribution in [0.1, 0.15) is 12.5 Å². The van der Waals surface area contributed by atoms with Crippen LogP contribution in [0.3, 0.4) is 0 Å². The number of nitrogens with zero attached hydrogens (tertiary/aromatic N) is 1. The van der Waals surface area contributed by atoms with E-state index in [9.17, 15) is 5.11 Å². The summed E-state index contributed by atoms with van der Waals surface area (Å²) in [6.07, 6.45) is -0.505. The van der Waals surface area contributed by atoms with Gasteiger partial charge in [-0.05, 0) is 19.1 Å². The lowest BCUT2D eigenvalue weighted by atomic mass is 10.1. The van der Waals surface area contributed by atoms with Gasteiger partial charge < -0.3 is 24.9 Å². The molecule has 1 atom stereocenters. The molecule has 1 heterocycles. The number of phenolic OH excluding ortho intramolecular Hbond substituents is 1. The average Bonchev–Trinajstić information content (AvgIpc) is 2.38. The first-order valence-electron chi connectivity index (χ1n) is 5.12. The maximum atomic E-state index is 9.97. The molecule has 0 radical (unpaired) electrons. The summed E-state index contributed by atoms with van der Waals surface area (Å²) in [6, 6.07) is 3.19. The zero-order valence-electron chi connectivity index (χ0n) is 9.25. The second kappa shape index (κ2) is 4.50. The Kier molecular flexibility index (Phi) is 3.06. The molecule has 3 N–H and O–H groups in total. The Balaban J connectivity index is 2.44. The second-order valence-corrected chi connectivity index (χ2v) is 3.71. The third kappa shape index (κ3) is 1.99. The van der Waals surface area contributed by atoms with Crippen LogP contribution < -0.4 is 9.47 Å². The summed E-state index contributed by atoms with van der Waals surface area (Å²) in [7, 11) is 0. The van der Waals surface area contributed by atoms with E-state index in [-0.39, 0.29) is 30.4 Å². The van der Waals surface area contributed by atoms with E-state index in [0.29, 0.717) is 11.3 Å². The number of phenols is 1. The summed E-state index contributed by atoms with van der Waals surface area (Å²) in [4.78, 5) is 0. The number of benzene rings is 1. The van der Waals surface area contributed by atoms with Crippen molar-refractivity contribution in [1.82, 2.24) is 0 Å². The van der Waals surface area contributed by atoms with Gasteiger partial charge in [0.1, 0.15) is 6.61 Å². The number of aromatic hydroxyl groups is 1. The molecule has 0 bridgehead atoms. The lowest BCUT2D eigenvalue weighted by molar-refractivity contribution is 0.0431. The molecule has 0 saturated heterocycles. The summed E-state index contributed by atoms with van der Waals surface area (Å²) >= 11 is 0. The van der Waals surface area contributed by atoms with Gasteiger partial charge in [-0.1, -0.05) is 5.16 Å². The number of hydrogen-bond acceptors (Lipinski definition) is 6. The molecule has 1 aromatic carbocycles. The minimum absolute atomic E-state index is 0.157. The molecule has 1 aliphatic heterocycles. The first-order chi connectivity index (χ1) is 8.17. The quantitative estimate of drug-likeness (QED) is 0.402. The number of fused-ring (bicyclic) bond motifs is 1. The highest BCUT2D eigenvalue weighted by Gasteiger charge is 2.25. The van der Waals surface area contributed by atoms with Gasteiger partial charge in [-0.2, -0.15) is 0 Å². The Bertz CT molecular complexity index is 457. The molecule has 0 aliphatic carbocycles. The molecule has 1 aromatic rings. The number of oxime groups is 1. The van der Waals surface area contributed by atoms with Crippen molar-refractivity contribution in [3.63, 3.8) is 0 Å².